The highest BCUT2D eigenvalue weighted by Gasteiger charge is 2.41. The molecule has 0 saturated carbocycles. The molecule has 1 atom stereocenters. The van der Waals surface area contributed by atoms with E-state index >= 15 is 0 Å². The second-order valence-corrected chi connectivity index (χ2v) is 7.69. The Hall–Kier alpha value is -3.38. The lowest BCUT2D eigenvalue weighted by molar-refractivity contribution is -0.117. The van der Waals surface area contributed by atoms with Crippen LogP contribution < -0.4 is 19.4 Å². The maximum Gasteiger partial charge on any atom is 0.256 e. The third-order valence-electron chi connectivity index (χ3n) is 5.06. The standard InChI is InChI=1S/C24H23N3O2S/c1-17-23(28)27(18-8-5-4-6-9-18)24(30)26(17)19-12-14-21(15-13-19)29-22-11-7-10-20(16-22)25(2)3/h4-17H,1-3H3. The molecule has 3 aromatic rings. The fourth-order valence-electron chi connectivity index (χ4n) is 3.45. The molecular weight excluding hydrogens is 394 g/mol. The van der Waals surface area contributed by atoms with Gasteiger partial charge in [0, 0.05) is 31.5 Å². The van der Waals surface area contributed by atoms with Gasteiger partial charge in [-0.15, -0.1) is 0 Å². The van der Waals surface area contributed by atoms with Gasteiger partial charge in [-0.25, -0.2) is 0 Å². The smallest absolute Gasteiger partial charge is 0.256 e. The van der Waals surface area contributed by atoms with Gasteiger partial charge in [0.25, 0.3) is 5.91 Å². The van der Waals surface area contributed by atoms with Crippen molar-refractivity contribution in [1.82, 2.24) is 0 Å². The minimum absolute atomic E-state index is 0.0352. The van der Waals surface area contributed by atoms with Crippen molar-refractivity contribution in [3.05, 3.63) is 78.9 Å². The van der Waals surface area contributed by atoms with Gasteiger partial charge in [-0.1, -0.05) is 24.3 Å². The average molecular weight is 418 g/mol. The molecule has 152 valence electrons. The number of carbonyl (C=O) groups excluding carboxylic acids is 1. The van der Waals surface area contributed by atoms with Crippen molar-refractivity contribution >= 4 is 40.3 Å². The predicted octanol–water partition coefficient (Wildman–Crippen LogP) is 5.07. The Morgan fingerprint density at radius 3 is 2.23 bits per heavy atom. The van der Waals surface area contributed by atoms with E-state index in [-0.39, 0.29) is 11.9 Å². The zero-order chi connectivity index (χ0) is 21.3. The molecule has 1 unspecified atom stereocenters. The summed E-state index contributed by atoms with van der Waals surface area (Å²) in [5.74, 6) is 1.45. The van der Waals surface area contributed by atoms with E-state index in [2.05, 4.69) is 0 Å². The van der Waals surface area contributed by atoms with Gasteiger partial charge in [-0.3, -0.25) is 9.69 Å². The molecule has 1 amide bonds. The number of thiocarbonyl (C=S) groups is 1. The summed E-state index contributed by atoms with van der Waals surface area (Å²) in [6, 6.07) is 24.7. The van der Waals surface area contributed by atoms with E-state index in [1.165, 1.54) is 0 Å². The number of carbonyl (C=O) groups is 1. The number of ether oxygens (including phenoxy) is 1. The predicted molar refractivity (Wildman–Crippen MR) is 126 cm³/mol. The SMILES string of the molecule is CC1C(=O)N(c2ccccc2)C(=S)N1c1ccc(Oc2cccc(N(C)C)c2)cc1. The molecule has 1 aliphatic heterocycles. The number of rotatable bonds is 5. The number of nitrogens with zero attached hydrogens (tertiary/aromatic N) is 3. The van der Waals surface area contributed by atoms with Crippen molar-refractivity contribution in [2.24, 2.45) is 0 Å². The summed E-state index contributed by atoms with van der Waals surface area (Å²) in [6.07, 6.45) is 0. The van der Waals surface area contributed by atoms with Crippen molar-refractivity contribution in [2.75, 3.05) is 28.8 Å². The molecule has 0 radical (unpaired) electrons. The summed E-state index contributed by atoms with van der Waals surface area (Å²) >= 11 is 5.65. The van der Waals surface area contributed by atoms with Crippen LogP contribution in [-0.2, 0) is 4.79 Å². The van der Waals surface area contributed by atoms with E-state index in [0.717, 1.165) is 28.6 Å². The lowest BCUT2D eigenvalue weighted by atomic mass is 10.2. The normalized spacial score (nSPS) is 16.2. The molecular formula is C24H23N3O2S. The van der Waals surface area contributed by atoms with E-state index in [4.69, 9.17) is 17.0 Å². The van der Waals surface area contributed by atoms with Crippen molar-refractivity contribution in [3.63, 3.8) is 0 Å². The molecule has 3 aromatic carbocycles. The summed E-state index contributed by atoms with van der Waals surface area (Å²) in [5, 5.41) is 0.478. The van der Waals surface area contributed by atoms with Gasteiger partial charge >= 0.3 is 0 Å². The molecule has 4 rings (SSSR count). The second-order valence-electron chi connectivity index (χ2n) is 7.33. The Bertz CT molecular complexity index is 1070. The number of hydrogen-bond acceptors (Lipinski definition) is 4. The van der Waals surface area contributed by atoms with Crippen LogP contribution in [0.1, 0.15) is 6.92 Å². The molecule has 30 heavy (non-hydrogen) atoms. The number of hydrogen-bond donors (Lipinski definition) is 0. The van der Waals surface area contributed by atoms with E-state index < -0.39 is 0 Å². The molecule has 5 nitrogen and oxygen atoms in total. The Balaban J connectivity index is 1.55. The van der Waals surface area contributed by atoms with Gasteiger partial charge in [0.2, 0.25) is 0 Å². The first-order valence-corrected chi connectivity index (χ1v) is 10.1. The maximum absolute atomic E-state index is 12.9. The molecule has 6 heteroatoms. The van der Waals surface area contributed by atoms with Gasteiger partial charge < -0.3 is 14.5 Å². The third kappa shape index (κ3) is 3.74. The quantitative estimate of drug-likeness (QED) is 0.542. The average Bonchev–Trinajstić information content (AvgIpc) is 2.98. The monoisotopic (exact) mass is 417 g/mol. The summed E-state index contributed by atoms with van der Waals surface area (Å²) in [7, 11) is 3.99. The van der Waals surface area contributed by atoms with Crippen LogP contribution in [0.15, 0.2) is 78.9 Å². The van der Waals surface area contributed by atoms with Gasteiger partial charge in [0.05, 0.1) is 5.69 Å². The summed E-state index contributed by atoms with van der Waals surface area (Å²) < 4.78 is 6.00. The van der Waals surface area contributed by atoms with Gasteiger partial charge in [0.1, 0.15) is 17.5 Å². The van der Waals surface area contributed by atoms with Crippen LogP contribution in [0.4, 0.5) is 17.1 Å². The highest BCUT2D eigenvalue weighted by molar-refractivity contribution is 7.81. The Morgan fingerprint density at radius 1 is 0.867 bits per heavy atom. The Labute approximate surface area is 182 Å². The van der Waals surface area contributed by atoms with Crippen LogP contribution in [0.5, 0.6) is 11.5 Å². The van der Waals surface area contributed by atoms with Crippen molar-refractivity contribution in [1.29, 1.82) is 0 Å². The summed E-state index contributed by atoms with van der Waals surface area (Å²) in [4.78, 5) is 18.4. The first-order chi connectivity index (χ1) is 14.5. The number of anilines is 3. The molecule has 1 saturated heterocycles. The lowest BCUT2D eigenvalue weighted by Crippen LogP contribution is -2.33. The topological polar surface area (TPSA) is 36.0 Å². The fourth-order valence-corrected chi connectivity index (χ4v) is 3.91. The highest BCUT2D eigenvalue weighted by atomic mass is 32.1. The third-order valence-corrected chi connectivity index (χ3v) is 5.44. The minimum atomic E-state index is -0.374. The zero-order valence-corrected chi connectivity index (χ0v) is 18.0. The minimum Gasteiger partial charge on any atom is -0.457 e. The number of para-hydroxylation sites is 1. The van der Waals surface area contributed by atoms with Crippen molar-refractivity contribution in [3.8, 4) is 11.5 Å². The van der Waals surface area contributed by atoms with Crippen LogP contribution in [0.25, 0.3) is 0 Å². The first-order valence-electron chi connectivity index (χ1n) is 9.73. The van der Waals surface area contributed by atoms with Gasteiger partial charge in [-0.2, -0.15) is 0 Å². The van der Waals surface area contributed by atoms with Gasteiger partial charge in [0.15, 0.2) is 5.11 Å². The first kappa shape index (κ1) is 19.9. The van der Waals surface area contributed by atoms with Crippen LogP contribution in [0.2, 0.25) is 0 Å². The fraction of sp³-hybridized carbons (Fsp3) is 0.167. The second kappa shape index (κ2) is 8.16. The maximum atomic E-state index is 12.9. The van der Waals surface area contributed by atoms with E-state index in [9.17, 15) is 4.79 Å². The molecule has 0 aromatic heterocycles. The number of benzene rings is 3. The summed E-state index contributed by atoms with van der Waals surface area (Å²) in [6.45, 7) is 1.87. The van der Waals surface area contributed by atoms with Crippen LogP contribution in [0, 0.1) is 0 Å². The number of amides is 1. The van der Waals surface area contributed by atoms with Gasteiger partial charge in [-0.05, 0) is 67.7 Å². The molecule has 1 fully saturated rings. The van der Waals surface area contributed by atoms with Crippen LogP contribution in [-0.4, -0.2) is 31.2 Å². The lowest BCUT2D eigenvalue weighted by Gasteiger charge is -2.22. The van der Waals surface area contributed by atoms with E-state index in [1.807, 2.05) is 110 Å². The van der Waals surface area contributed by atoms with E-state index in [1.54, 1.807) is 4.90 Å². The molecule has 1 aliphatic rings. The molecule has 0 N–H and O–H groups in total. The summed E-state index contributed by atoms with van der Waals surface area (Å²) in [5.41, 5.74) is 2.70. The molecule has 0 aliphatic carbocycles. The highest BCUT2D eigenvalue weighted by Crippen LogP contribution is 2.32. The zero-order valence-electron chi connectivity index (χ0n) is 17.1. The molecule has 0 spiro atoms. The Morgan fingerprint density at radius 2 is 1.57 bits per heavy atom. The van der Waals surface area contributed by atoms with Crippen LogP contribution in [0.3, 0.4) is 0 Å². The van der Waals surface area contributed by atoms with Crippen molar-refractivity contribution < 1.29 is 9.53 Å². The van der Waals surface area contributed by atoms with Crippen LogP contribution >= 0.6 is 12.2 Å². The van der Waals surface area contributed by atoms with E-state index in [0.29, 0.717) is 5.11 Å². The largest absolute Gasteiger partial charge is 0.457 e. The Kier molecular flexibility index (Phi) is 5.42. The molecule has 0 bridgehead atoms. The molecule has 1 heterocycles. The van der Waals surface area contributed by atoms with Crippen molar-refractivity contribution in [2.45, 2.75) is 13.0 Å².